The van der Waals surface area contributed by atoms with Gasteiger partial charge < -0.3 is 20.4 Å². The first kappa shape index (κ1) is 25.8. The Bertz CT molecular complexity index is 1650. The van der Waals surface area contributed by atoms with Gasteiger partial charge in [0.05, 0.1) is 10.5 Å². The van der Waals surface area contributed by atoms with Crippen molar-refractivity contribution in [2.24, 2.45) is 10.9 Å². The minimum Gasteiger partial charge on any atom is -0.373 e. The highest BCUT2D eigenvalue weighted by Gasteiger charge is 2.41. The number of thiol groups is 1. The number of aliphatic hydroxyl groups is 1. The van der Waals surface area contributed by atoms with Crippen molar-refractivity contribution in [1.29, 1.82) is 0 Å². The molecule has 4 aromatic rings. The minimum atomic E-state index is -1.74. The Balaban J connectivity index is 1.87. The number of likely N-dealkylation sites (N-methyl/N-ethyl adjacent to an activating group) is 1. The Kier molecular flexibility index (Phi) is 6.83. The smallest absolute Gasteiger partial charge is 0.251 e. The molecule has 0 aliphatic carbocycles. The number of rotatable bonds is 5. The zero-order valence-electron chi connectivity index (χ0n) is 19.9. The van der Waals surface area contributed by atoms with Crippen LogP contribution in [0.25, 0.3) is 22.0 Å². The number of hydrogen-bond donors (Lipinski definition) is 3. The van der Waals surface area contributed by atoms with Crippen molar-refractivity contribution in [3.63, 3.8) is 0 Å². The van der Waals surface area contributed by atoms with Crippen molar-refractivity contribution in [3.05, 3.63) is 114 Å². The number of nitrogens with zero attached hydrogens (tertiary/aromatic N) is 3. The molecule has 3 aromatic carbocycles. The molecule has 1 aromatic heterocycles. The molecule has 0 spiro atoms. The van der Waals surface area contributed by atoms with E-state index in [0.29, 0.717) is 29.1 Å². The van der Waals surface area contributed by atoms with Crippen LogP contribution in [0, 0.1) is 0 Å². The number of benzene rings is 3. The van der Waals surface area contributed by atoms with Crippen LogP contribution in [-0.4, -0.2) is 27.5 Å². The second kappa shape index (κ2) is 9.79. The molecule has 0 amide bonds. The summed E-state index contributed by atoms with van der Waals surface area (Å²) >= 11 is 11.4. The molecule has 9 heteroatoms. The van der Waals surface area contributed by atoms with Gasteiger partial charge in [0.15, 0.2) is 11.4 Å². The molecule has 3 N–H and O–H groups in total. The summed E-state index contributed by atoms with van der Waals surface area (Å²) in [5.41, 5.74) is 2.90. The fourth-order valence-electron chi connectivity index (χ4n) is 5.02. The van der Waals surface area contributed by atoms with E-state index < -0.39 is 5.60 Å². The molecule has 0 saturated carbocycles. The van der Waals surface area contributed by atoms with Crippen LogP contribution in [0.1, 0.15) is 16.7 Å². The molecule has 0 saturated heterocycles. The Morgan fingerprint density at radius 1 is 1.11 bits per heavy atom. The molecule has 6 nitrogen and oxygen atoms in total. The molecule has 1 aliphatic heterocycles. The summed E-state index contributed by atoms with van der Waals surface area (Å²) in [6.07, 6.45) is 0.669. The largest absolute Gasteiger partial charge is 0.373 e. The SMILES string of the molecule is C=C(S)N(C)/C(=N\N)C(O)(c1ccc(Br)cc1)c1cc2c3c(c1)c(-c1cccc(Br)c1)cc(=O)n3CC2. The lowest BCUT2D eigenvalue weighted by Gasteiger charge is -2.35. The standard InChI is InChI=1S/C28H24Br2N4O2S/c1-16(37)33(2)27(32-31)28(36,19-6-8-21(29)9-7-19)20-12-18-10-11-34-25(35)15-23(24(14-20)26(18)34)17-4-3-5-22(30)13-17/h3-9,12-15,36-37H,1,10-11,31H2,2H3/b32-27-. The number of halogens is 2. The van der Waals surface area contributed by atoms with Crippen molar-refractivity contribution < 1.29 is 5.11 Å². The van der Waals surface area contributed by atoms with Gasteiger partial charge in [-0.3, -0.25) is 4.79 Å². The average Bonchev–Trinajstić information content (AvgIpc) is 3.31. The molecule has 1 unspecified atom stereocenters. The Hall–Kier alpha value is -2.85. The van der Waals surface area contributed by atoms with E-state index in [9.17, 15) is 9.90 Å². The number of aromatic nitrogens is 1. The van der Waals surface area contributed by atoms with Gasteiger partial charge in [0.1, 0.15) is 0 Å². The lowest BCUT2D eigenvalue weighted by atomic mass is 9.82. The number of hydrazone groups is 1. The zero-order valence-corrected chi connectivity index (χ0v) is 24.0. The van der Waals surface area contributed by atoms with E-state index in [2.05, 4.69) is 56.2 Å². The van der Waals surface area contributed by atoms with Crippen LogP contribution in [0.15, 0.2) is 97.2 Å². The third kappa shape index (κ3) is 4.33. The first-order chi connectivity index (χ1) is 17.6. The van der Waals surface area contributed by atoms with Crippen LogP contribution in [-0.2, 0) is 18.6 Å². The maximum Gasteiger partial charge on any atom is 0.251 e. The van der Waals surface area contributed by atoms with E-state index in [1.165, 1.54) is 0 Å². The second-order valence-electron chi connectivity index (χ2n) is 8.99. The topological polar surface area (TPSA) is 83.8 Å². The van der Waals surface area contributed by atoms with Gasteiger partial charge in [0, 0.05) is 34.0 Å². The van der Waals surface area contributed by atoms with Gasteiger partial charge in [-0.15, -0.1) is 12.6 Å². The highest BCUT2D eigenvalue weighted by Crippen LogP contribution is 2.40. The minimum absolute atomic E-state index is 0.0486. The van der Waals surface area contributed by atoms with Gasteiger partial charge in [0.2, 0.25) is 0 Å². The molecule has 2 heterocycles. The van der Waals surface area contributed by atoms with Crippen LogP contribution < -0.4 is 11.4 Å². The van der Waals surface area contributed by atoms with Crippen molar-refractivity contribution in [3.8, 4) is 11.1 Å². The number of amidine groups is 1. The Morgan fingerprint density at radius 3 is 2.49 bits per heavy atom. The van der Waals surface area contributed by atoms with Gasteiger partial charge >= 0.3 is 0 Å². The molecule has 0 fully saturated rings. The molecular formula is C28H24Br2N4O2S. The Morgan fingerprint density at radius 2 is 1.84 bits per heavy atom. The van der Waals surface area contributed by atoms with Crippen LogP contribution in [0.5, 0.6) is 0 Å². The monoisotopic (exact) mass is 638 g/mol. The average molecular weight is 640 g/mol. The molecule has 1 aliphatic rings. The fraction of sp³-hybridized carbons (Fsp3) is 0.143. The lowest BCUT2D eigenvalue weighted by Crippen LogP contribution is -2.46. The Labute approximate surface area is 236 Å². The number of nitrogens with two attached hydrogens (primary N) is 1. The molecule has 37 heavy (non-hydrogen) atoms. The summed E-state index contributed by atoms with van der Waals surface area (Å²) in [4.78, 5) is 14.6. The van der Waals surface area contributed by atoms with Gasteiger partial charge in [-0.05, 0) is 70.6 Å². The van der Waals surface area contributed by atoms with E-state index in [-0.39, 0.29) is 11.4 Å². The van der Waals surface area contributed by atoms with E-state index in [0.717, 1.165) is 36.5 Å². The normalized spacial score (nSPS) is 14.6. The van der Waals surface area contributed by atoms with Crippen LogP contribution in [0.2, 0.25) is 0 Å². The third-order valence-electron chi connectivity index (χ3n) is 6.85. The summed E-state index contributed by atoms with van der Waals surface area (Å²) in [6.45, 7) is 4.47. The summed E-state index contributed by atoms with van der Waals surface area (Å²) in [5.74, 6) is 6.07. The summed E-state index contributed by atoms with van der Waals surface area (Å²) < 4.78 is 3.58. The first-order valence-corrected chi connectivity index (χ1v) is 13.5. The molecule has 5 rings (SSSR count). The van der Waals surface area contributed by atoms with Crippen molar-refractivity contribution in [2.45, 2.75) is 18.6 Å². The predicted octanol–water partition coefficient (Wildman–Crippen LogP) is 5.59. The summed E-state index contributed by atoms with van der Waals surface area (Å²) in [5, 5.41) is 17.8. The number of aryl methyl sites for hydroxylation is 2. The van der Waals surface area contributed by atoms with Crippen LogP contribution >= 0.6 is 44.5 Å². The van der Waals surface area contributed by atoms with E-state index in [1.807, 2.05) is 60.7 Å². The number of hydrogen-bond acceptors (Lipinski definition) is 5. The van der Waals surface area contributed by atoms with Crippen molar-refractivity contribution in [1.82, 2.24) is 9.47 Å². The van der Waals surface area contributed by atoms with Gasteiger partial charge in [-0.1, -0.05) is 62.7 Å². The molecule has 1 atom stereocenters. The summed E-state index contributed by atoms with van der Waals surface area (Å²) in [6, 6.07) is 20.7. The van der Waals surface area contributed by atoms with Crippen LogP contribution in [0.3, 0.4) is 0 Å². The fourth-order valence-corrected chi connectivity index (χ4v) is 5.78. The van der Waals surface area contributed by atoms with Gasteiger partial charge in [0.25, 0.3) is 5.56 Å². The quantitative estimate of drug-likeness (QED) is 0.0874. The molecule has 0 radical (unpaired) electrons. The van der Waals surface area contributed by atoms with Crippen LogP contribution in [0.4, 0.5) is 0 Å². The highest BCUT2D eigenvalue weighted by molar-refractivity contribution is 9.10. The third-order valence-corrected chi connectivity index (χ3v) is 8.18. The molecule has 0 bridgehead atoms. The predicted molar refractivity (Wildman–Crippen MR) is 160 cm³/mol. The van der Waals surface area contributed by atoms with Crippen molar-refractivity contribution >= 4 is 61.2 Å². The van der Waals surface area contributed by atoms with E-state index >= 15 is 0 Å². The molecular weight excluding hydrogens is 616 g/mol. The second-order valence-corrected chi connectivity index (χ2v) is 11.3. The number of pyridine rings is 1. The van der Waals surface area contributed by atoms with Gasteiger partial charge in [-0.2, -0.15) is 5.10 Å². The van der Waals surface area contributed by atoms with Gasteiger partial charge in [-0.25, -0.2) is 0 Å². The van der Waals surface area contributed by atoms with Crippen molar-refractivity contribution in [2.75, 3.05) is 7.05 Å². The summed E-state index contributed by atoms with van der Waals surface area (Å²) in [7, 11) is 1.70. The van der Waals surface area contributed by atoms with E-state index in [1.54, 1.807) is 22.6 Å². The first-order valence-electron chi connectivity index (χ1n) is 11.5. The maximum absolute atomic E-state index is 13.1. The zero-order chi connectivity index (χ0) is 26.5. The molecule has 188 valence electrons. The highest BCUT2D eigenvalue weighted by atomic mass is 79.9. The van der Waals surface area contributed by atoms with E-state index in [4.69, 9.17) is 5.84 Å². The maximum atomic E-state index is 13.1. The lowest BCUT2D eigenvalue weighted by molar-refractivity contribution is 0.144.